The summed E-state index contributed by atoms with van der Waals surface area (Å²) in [5, 5.41) is 8.87. The van der Waals surface area contributed by atoms with Crippen molar-refractivity contribution < 1.29 is 4.79 Å². The maximum atomic E-state index is 12.9. The summed E-state index contributed by atoms with van der Waals surface area (Å²) in [6.07, 6.45) is 12.0. The fourth-order valence-electron chi connectivity index (χ4n) is 5.79. The molecule has 24 heavy (non-hydrogen) atoms. The fourth-order valence-corrected chi connectivity index (χ4v) is 5.79. The highest BCUT2D eigenvalue weighted by atomic mass is 16.2. The van der Waals surface area contributed by atoms with Crippen LogP contribution in [0.2, 0.25) is 0 Å². The standard InChI is InChI=1S/C19H28N4O/c24-19(16-12-13-5-6-14(16)11-13)22-9-7-15(8-10-22)23-18-4-2-1-3-17(18)20-21-23/h13-16H,1-12H2/t13-,14-,16+/m1/s1. The van der Waals surface area contributed by atoms with Gasteiger partial charge in [0.05, 0.1) is 17.4 Å². The normalized spacial score (nSPS) is 33.0. The van der Waals surface area contributed by atoms with E-state index in [2.05, 4.69) is 19.9 Å². The molecule has 3 atom stereocenters. The topological polar surface area (TPSA) is 51.0 Å². The molecule has 1 aromatic heterocycles. The zero-order valence-electron chi connectivity index (χ0n) is 14.5. The van der Waals surface area contributed by atoms with E-state index in [9.17, 15) is 4.79 Å². The lowest BCUT2D eigenvalue weighted by Crippen LogP contribution is -2.43. The lowest BCUT2D eigenvalue weighted by atomic mass is 9.87. The number of hydrogen-bond acceptors (Lipinski definition) is 3. The third-order valence-electron chi connectivity index (χ3n) is 7.13. The van der Waals surface area contributed by atoms with E-state index < -0.39 is 0 Å². The van der Waals surface area contributed by atoms with Crippen LogP contribution >= 0.6 is 0 Å². The van der Waals surface area contributed by atoms with Crippen molar-refractivity contribution in [3.05, 3.63) is 11.4 Å². The Morgan fingerprint density at radius 3 is 2.58 bits per heavy atom. The molecule has 1 aromatic rings. The van der Waals surface area contributed by atoms with Crippen LogP contribution in [0.3, 0.4) is 0 Å². The predicted molar refractivity (Wildman–Crippen MR) is 90.5 cm³/mol. The number of hydrogen-bond donors (Lipinski definition) is 0. The van der Waals surface area contributed by atoms with Crippen molar-refractivity contribution >= 4 is 5.91 Å². The van der Waals surface area contributed by atoms with Gasteiger partial charge in [-0.05, 0) is 69.6 Å². The van der Waals surface area contributed by atoms with E-state index in [1.165, 1.54) is 49.9 Å². The lowest BCUT2D eigenvalue weighted by Gasteiger charge is -2.35. The van der Waals surface area contributed by atoms with E-state index in [4.69, 9.17) is 0 Å². The molecule has 5 rings (SSSR count). The van der Waals surface area contributed by atoms with Crippen molar-refractivity contribution in [3.63, 3.8) is 0 Å². The predicted octanol–water partition coefficient (Wildman–Crippen LogP) is 2.76. The number of carbonyl (C=O) groups excluding carboxylic acids is 1. The molecular formula is C19H28N4O. The van der Waals surface area contributed by atoms with Gasteiger partial charge in [0.25, 0.3) is 0 Å². The van der Waals surface area contributed by atoms with E-state index in [1.54, 1.807) is 0 Å². The number of fused-ring (bicyclic) bond motifs is 3. The Bertz CT molecular complexity index is 631. The smallest absolute Gasteiger partial charge is 0.225 e. The van der Waals surface area contributed by atoms with Crippen LogP contribution in [0.25, 0.3) is 0 Å². The van der Waals surface area contributed by atoms with Gasteiger partial charge in [-0.3, -0.25) is 4.79 Å². The average Bonchev–Trinajstić information content (AvgIpc) is 3.36. The third-order valence-corrected chi connectivity index (χ3v) is 7.13. The highest BCUT2D eigenvalue weighted by molar-refractivity contribution is 5.79. The second-order valence-corrected chi connectivity index (χ2v) is 8.47. The maximum Gasteiger partial charge on any atom is 0.225 e. The second kappa shape index (κ2) is 5.85. The van der Waals surface area contributed by atoms with E-state index >= 15 is 0 Å². The summed E-state index contributed by atoms with van der Waals surface area (Å²) < 4.78 is 2.20. The van der Waals surface area contributed by atoms with Gasteiger partial charge in [0.1, 0.15) is 0 Å². The Balaban J connectivity index is 1.23. The van der Waals surface area contributed by atoms with Crippen LogP contribution in [0, 0.1) is 17.8 Å². The highest BCUT2D eigenvalue weighted by Crippen LogP contribution is 2.49. The first-order valence-corrected chi connectivity index (χ1v) is 10.0. The third kappa shape index (κ3) is 2.39. The molecule has 3 fully saturated rings. The average molecular weight is 328 g/mol. The molecule has 130 valence electrons. The van der Waals surface area contributed by atoms with Gasteiger partial charge in [-0.1, -0.05) is 11.6 Å². The molecule has 5 nitrogen and oxygen atoms in total. The van der Waals surface area contributed by atoms with Gasteiger partial charge in [0.2, 0.25) is 5.91 Å². The molecule has 0 spiro atoms. The monoisotopic (exact) mass is 328 g/mol. The molecular weight excluding hydrogens is 300 g/mol. The Kier molecular flexibility index (Phi) is 3.64. The number of aryl methyl sites for hydroxylation is 1. The Morgan fingerprint density at radius 1 is 1.00 bits per heavy atom. The number of nitrogens with zero attached hydrogens (tertiary/aromatic N) is 4. The molecule has 1 aliphatic heterocycles. The quantitative estimate of drug-likeness (QED) is 0.839. The molecule has 3 aliphatic carbocycles. The zero-order chi connectivity index (χ0) is 16.1. The first-order chi connectivity index (χ1) is 11.8. The van der Waals surface area contributed by atoms with Crippen LogP contribution in [0.4, 0.5) is 0 Å². The minimum Gasteiger partial charge on any atom is -0.342 e. The number of likely N-dealkylation sites (tertiary alicyclic amines) is 1. The van der Waals surface area contributed by atoms with Crippen molar-refractivity contribution in [2.45, 2.75) is 70.3 Å². The Morgan fingerprint density at radius 2 is 1.83 bits per heavy atom. The van der Waals surface area contributed by atoms with E-state index in [0.717, 1.165) is 44.7 Å². The Hall–Kier alpha value is -1.39. The van der Waals surface area contributed by atoms with E-state index in [0.29, 0.717) is 23.8 Å². The summed E-state index contributed by atoms with van der Waals surface area (Å²) in [5.74, 6) is 2.35. The summed E-state index contributed by atoms with van der Waals surface area (Å²) in [6.45, 7) is 1.82. The summed E-state index contributed by atoms with van der Waals surface area (Å²) >= 11 is 0. The molecule has 4 aliphatic rings. The van der Waals surface area contributed by atoms with Crippen LogP contribution in [0.1, 0.15) is 68.8 Å². The van der Waals surface area contributed by atoms with Gasteiger partial charge in [0.15, 0.2) is 0 Å². The van der Waals surface area contributed by atoms with Gasteiger partial charge in [-0.2, -0.15) is 0 Å². The number of aromatic nitrogens is 3. The molecule has 1 saturated heterocycles. The van der Waals surface area contributed by atoms with Crippen LogP contribution in [0.15, 0.2) is 0 Å². The summed E-state index contributed by atoms with van der Waals surface area (Å²) in [5.41, 5.74) is 2.60. The van der Waals surface area contributed by atoms with Crippen molar-refractivity contribution in [2.24, 2.45) is 17.8 Å². The van der Waals surface area contributed by atoms with Gasteiger partial charge in [-0.15, -0.1) is 5.10 Å². The van der Waals surface area contributed by atoms with Gasteiger partial charge < -0.3 is 4.90 Å². The highest BCUT2D eigenvalue weighted by Gasteiger charge is 2.44. The van der Waals surface area contributed by atoms with Crippen LogP contribution in [-0.4, -0.2) is 38.9 Å². The second-order valence-electron chi connectivity index (χ2n) is 8.47. The van der Waals surface area contributed by atoms with E-state index in [1.807, 2.05) is 0 Å². The van der Waals surface area contributed by atoms with Crippen LogP contribution in [0.5, 0.6) is 0 Å². The molecule has 0 unspecified atom stereocenters. The first-order valence-electron chi connectivity index (χ1n) is 10.0. The van der Waals surface area contributed by atoms with Gasteiger partial charge in [-0.25, -0.2) is 4.68 Å². The molecule has 2 bridgehead atoms. The number of amides is 1. The minimum absolute atomic E-state index is 0.347. The van der Waals surface area contributed by atoms with Gasteiger partial charge in [0, 0.05) is 19.0 Å². The van der Waals surface area contributed by atoms with Crippen molar-refractivity contribution in [1.29, 1.82) is 0 Å². The molecule has 1 amide bonds. The molecule has 0 N–H and O–H groups in total. The van der Waals surface area contributed by atoms with Crippen LogP contribution in [-0.2, 0) is 17.6 Å². The van der Waals surface area contributed by atoms with Crippen molar-refractivity contribution in [1.82, 2.24) is 19.9 Å². The number of piperidine rings is 1. The molecule has 2 saturated carbocycles. The molecule has 0 aromatic carbocycles. The van der Waals surface area contributed by atoms with Crippen molar-refractivity contribution in [2.75, 3.05) is 13.1 Å². The minimum atomic E-state index is 0.347. The fraction of sp³-hybridized carbons (Fsp3) is 0.842. The molecule has 5 heteroatoms. The summed E-state index contributed by atoms with van der Waals surface area (Å²) in [4.78, 5) is 15.1. The lowest BCUT2D eigenvalue weighted by molar-refractivity contribution is -0.138. The van der Waals surface area contributed by atoms with E-state index in [-0.39, 0.29) is 0 Å². The van der Waals surface area contributed by atoms with Gasteiger partial charge >= 0.3 is 0 Å². The molecule has 0 radical (unpaired) electrons. The van der Waals surface area contributed by atoms with Crippen molar-refractivity contribution in [3.8, 4) is 0 Å². The first kappa shape index (κ1) is 14.9. The Labute approximate surface area is 143 Å². The number of rotatable bonds is 2. The number of carbonyl (C=O) groups is 1. The summed E-state index contributed by atoms with van der Waals surface area (Å²) in [7, 11) is 0. The summed E-state index contributed by atoms with van der Waals surface area (Å²) in [6, 6.07) is 0.448. The maximum absolute atomic E-state index is 12.9. The van der Waals surface area contributed by atoms with Crippen LogP contribution < -0.4 is 0 Å². The largest absolute Gasteiger partial charge is 0.342 e. The molecule has 2 heterocycles. The zero-order valence-corrected chi connectivity index (χ0v) is 14.5. The SMILES string of the molecule is O=C([C@H]1C[C@@H]2CC[C@@H]1C2)N1CCC(n2nnc3c2CCCC3)CC1.